The topological polar surface area (TPSA) is 91.4 Å². The van der Waals surface area contributed by atoms with Crippen LogP contribution in [0.2, 0.25) is 0 Å². The first-order chi connectivity index (χ1) is 17.3. The second kappa shape index (κ2) is 9.35. The second-order valence-electron chi connectivity index (χ2n) is 9.84. The van der Waals surface area contributed by atoms with Crippen LogP contribution in [0.1, 0.15) is 55.0 Å². The van der Waals surface area contributed by atoms with E-state index in [0.29, 0.717) is 18.0 Å². The molecule has 0 bridgehead atoms. The Morgan fingerprint density at radius 2 is 1.81 bits per heavy atom. The summed E-state index contributed by atoms with van der Waals surface area (Å²) >= 11 is 0. The zero-order valence-electron chi connectivity index (χ0n) is 21.0. The fraction of sp³-hybridized carbons (Fsp3) is 0.357. The van der Waals surface area contributed by atoms with Crippen molar-refractivity contribution in [1.29, 1.82) is 0 Å². The standard InChI is InChI=1S/C28H30N4O4/c1-17(2)24-22(27(34)32(29-24)20-9-6-5-7-10-20)23-25(30-14-18(3)13-19(4)15-30)28(35)31(26(23)33)16-21-11-8-12-36-21/h5-7,9-10,13-15,17,21H,8,11-12,16H2,1-4H3. The van der Waals surface area contributed by atoms with E-state index in [1.807, 2.05) is 64.4 Å². The van der Waals surface area contributed by atoms with E-state index < -0.39 is 17.7 Å². The summed E-state index contributed by atoms with van der Waals surface area (Å²) < 4.78 is 8.73. The van der Waals surface area contributed by atoms with Crippen LogP contribution in [0.5, 0.6) is 5.88 Å². The van der Waals surface area contributed by atoms with Crippen molar-refractivity contribution in [3.8, 4) is 11.6 Å². The normalized spacial score (nSPS) is 18.2. The summed E-state index contributed by atoms with van der Waals surface area (Å²) in [5, 5.41) is 18.5. The third-order valence-corrected chi connectivity index (χ3v) is 6.62. The molecule has 2 aliphatic heterocycles. The molecule has 36 heavy (non-hydrogen) atoms. The van der Waals surface area contributed by atoms with E-state index in [-0.39, 0.29) is 35.4 Å². The summed E-state index contributed by atoms with van der Waals surface area (Å²) in [5.41, 5.74) is 3.42. The van der Waals surface area contributed by atoms with Crippen molar-refractivity contribution in [2.24, 2.45) is 0 Å². The molecule has 1 fully saturated rings. The molecule has 8 nitrogen and oxygen atoms in total. The van der Waals surface area contributed by atoms with Crippen LogP contribution < -0.4 is 9.67 Å². The average Bonchev–Trinajstić information content (AvgIpc) is 3.53. The SMILES string of the molecule is Cc1cc(C)c[n+](C2=C(c3c(C(C)C)nn(-c4ccccc4)c3[O-])C(=O)N(CC3CCCO3)C2=O)c1. The smallest absolute Gasteiger partial charge is 0.327 e. The van der Waals surface area contributed by atoms with Gasteiger partial charge in [-0.05, 0) is 56.7 Å². The third kappa shape index (κ3) is 4.11. The highest BCUT2D eigenvalue weighted by Gasteiger charge is 2.48. The minimum atomic E-state index is -0.483. The van der Waals surface area contributed by atoms with Crippen molar-refractivity contribution in [3.63, 3.8) is 0 Å². The number of hydrogen-bond donors (Lipinski definition) is 0. The van der Waals surface area contributed by atoms with Crippen LogP contribution >= 0.6 is 0 Å². The molecule has 0 aliphatic carbocycles. The molecule has 1 unspecified atom stereocenters. The summed E-state index contributed by atoms with van der Waals surface area (Å²) in [6.07, 6.45) is 5.10. The molecule has 1 saturated heterocycles. The molecule has 0 spiro atoms. The molecule has 0 saturated carbocycles. The molecule has 1 aromatic carbocycles. The lowest BCUT2D eigenvalue weighted by molar-refractivity contribution is -0.577. The summed E-state index contributed by atoms with van der Waals surface area (Å²) in [4.78, 5) is 29.0. The Kier molecular flexibility index (Phi) is 6.22. The molecule has 0 N–H and O–H groups in total. The highest BCUT2D eigenvalue weighted by molar-refractivity contribution is 6.45. The number of benzene rings is 1. The molecule has 186 valence electrons. The van der Waals surface area contributed by atoms with Gasteiger partial charge in [-0.2, -0.15) is 9.67 Å². The second-order valence-corrected chi connectivity index (χ2v) is 9.84. The lowest BCUT2D eigenvalue weighted by atomic mass is 9.98. The predicted molar refractivity (Wildman–Crippen MR) is 132 cm³/mol. The summed E-state index contributed by atoms with van der Waals surface area (Å²) in [7, 11) is 0. The van der Waals surface area contributed by atoms with Gasteiger partial charge in [0.05, 0.1) is 24.0 Å². The zero-order valence-corrected chi connectivity index (χ0v) is 21.0. The summed E-state index contributed by atoms with van der Waals surface area (Å²) in [6, 6.07) is 11.1. The number of carbonyl (C=O) groups is 2. The van der Waals surface area contributed by atoms with E-state index in [4.69, 9.17) is 4.74 Å². The average molecular weight is 487 g/mol. The highest BCUT2D eigenvalue weighted by Crippen LogP contribution is 2.39. The highest BCUT2D eigenvalue weighted by atomic mass is 16.5. The molecule has 2 aromatic heterocycles. The van der Waals surface area contributed by atoms with Crippen LogP contribution in [0.3, 0.4) is 0 Å². The van der Waals surface area contributed by atoms with Crippen LogP contribution in [0, 0.1) is 13.8 Å². The number of aromatic nitrogens is 3. The number of para-hydroxylation sites is 1. The zero-order chi connectivity index (χ0) is 25.6. The van der Waals surface area contributed by atoms with E-state index in [1.54, 1.807) is 16.7 Å². The summed E-state index contributed by atoms with van der Waals surface area (Å²) in [6.45, 7) is 8.49. The number of imide groups is 1. The van der Waals surface area contributed by atoms with Crippen LogP contribution in [-0.4, -0.2) is 45.8 Å². The monoisotopic (exact) mass is 486 g/mol. The van der Waals surface area contributed by atoms with Gasteiger partial charge in [-0.15, -0.1) is 0 Å². The lowest BCUT2D eigenvalue weighted by Gasteiger charge is -2.19. The number of rotatable bonds is 6. The number of amides is 2. The third-order valence-electron chi connectivity index (χ3n) is 6.62. The van der Waals surface area contributed by atoms with Gasteiger partial charge in [-0.1, -0.05) is 32.0 Å². The molecule has 2 amide bonds. The van der Waals surface area contributed by atoms with Gasteiger partial charge in [0.15, 0.2) is 12.4 Å². The van der Waals surface area contributed by atoms with E-state index in [1.165, 1.54) is 9.58 Å². The largest absolute Gasteiger partial charge is 0.858 e. The Balaban J connectivity index is 1.74. The minimum absolute atomic E-state index is 0.101. The Morgan fingerprint density at radius 1 is 1.11 bits per heavy atom. The Bertz CT molecular complexity index is 1350. The van der Waals surface area contributed by atoms with Gasteiger partial charge in [-0.25, -0.2) is 4.68 Å². The van der Waals surface area contributed by atoms with E-state index in [2.05, 4.69) is 5.10 Å². The molecule has 2 aliphatic rings. The minimum Gasteiger partial charge on any atom is -0.858 e. The molecular formula is C28H30N4O4. The molecule has 0 radical (unpaired) electrons. The molecule has 4 heterocycles. The number of aryl methyl sites for hydroxylation is 2. The van der Waals surface area contributed by atoms with Gasteiger partial charge in [0.2, 0.25) is 0 Å². The first kappa shape index (κ1) is 23.9. The van der Waals surface area contributed by atoms with Gasteiger partial charge in [0.1, 0.15) is 5.57 Å². The number of hydrogen-bond acceptors (Lipinski definition) is 5. The van der Waals surface area contributed by atoms with E-state index in [9.17, 15) is 14.7 Å². The number of pyridine rings is 1. The Labute approximate surface area is 210 Å². The Hall–Kier alpha value is -3.78. The quantitative estimate of drug-likeness (QED) is 0.395. The van der Waals surface area contributed by atoms with Crippen molar-refractivity contribution >= 4 is 23.1 Å². The van der Waals surface area contributed by atoms with Gasteiger partial charge < -0.3 is 9.84 Å². The molecule has 5 rings (SSSR count). The van der Waals surface area contributed by atoms with Gasteiger partial charge >= 0.3 is 5.91 Å². The molecular weight excluding hydrogens is 456 g/mol. The number of carbonyl (C=O) groups excluding carboxylic acids is 2. The predicted octanol–water partition coefficient (Wildman–Crippen LogP) is 2.89. The maximum atomic E-state index is 13.9. The molecule has 8 heteroatoms. The van der Waals surface area contributed by atoms with E-state index in [0.717, 1.165) is 24.0 Å². The fourth-order valence-electron chi connectivity index (χ4n) is 5.03. The lowest BCUT2D eigenvalue weighted by Crippen LogP contribution is -2.42. The molecule has 1 atom stereocenters. The van der Waals surface area contributed by atoms with Crippen LogP contribution in [0.4, 0.5) is 0 Å². The first-order valence-corrected chi connectivity index (χ1v) is 12.3. The van der Waals surface area contributed by atoms with Crippen LogP contribution in [-0.2, 0) is 14.3 Å². The maximum absolute atomic E-state index is 13.9. The van der Waals surface area contributed by atoms with Crippen molar-refractivity contribution < 1.29 is 24.0 Å². The van der Waals surface area contributed by atoms with Crippen LogP contribution in [0.15, 0.2) is 48.8 Å². The van der Waals surface area contributed by atoms with Crippen LogP contribution in [0.25, 0.3) is 17.0 Å². The number of nitrogens with zero attached hydrogens (tertiary/aromatic N) is 4. The van der Waals surface area contributed by atoms with Gasteiger partial charge in [0, 0.05) is 23.3 Å². The maximum Gasteiger partial charge on any atom is 0.327 e. The fourth-order valence-corrected chi connectivity index (χ4v) is 5.03. The number of ether oxygens (including phenoxy) is 1. The van der Waals surface area contributed by atoms with E-state index >= 15 is 0 Å². The van der Waals surface area contributed by atoms with Crippen molar-refractivity contribution in [2.45, 2.75) is 52.6 Å². The van der Waals surface area contributed by atoms with Gasteiger partial charge in [-0.3, -0.25) is 14.5 Å². The molecule has 3 aromatic rings. The van der Waals surface area contributed by atoms with Crippen molar-refractivity contribution in [2.75, 3.05) is 13.2 Å². The van der Waals surface area contributed by atoms with Crippen molar-refractivity contribution in [1.82, 2.24) is 14.7 Å². The first-order valence-electron chi connectivity index (χ1n) is 12.3. The van der Waals surface area contributed by atoms with Gasteiger partial charge in [0.25, 0.3) is 11.6 Å². The summed E-state index contributed by atoms with van der Waals surface area (Å²) in [5.74, 6) is -1.47. The van der Waals surface area contributed by atoms with Crippen molar-refractivity contribution in [3.05, 3.63) is 71.2 Å². The Morgan fingerprint density at radius 3 is 2.42 bits per heavy atom.